The van der Waals surface area contributed by atoms with Crippen LogP contribution in [0.1, 0.15) is 48.7 Å². The van der Waals surface area contributed by atoms with Gasteiger partial charge in [-0.2, -0.15) is 9.97 Å². The maximum absolute atomic E-state index is 14.8. The first kappa shape index (κ1) is 20.6. The van der Waals surface area contributed by atoms with Crippen molar-refractivity contribution in [2.24, 2.45) is 5.73 Å². The molecule has 9 heteroatoms. The van der Waals surface area contributed by atoms with E-state index in [-0.39, 0.29) is 23.8 Å². The van der Waals surface area contributed by atoms with Crippen molar-refractivity contribution in [2.75, 3.05) is 12.4 Å². The van der Waals surface area contributed by atoms with Gasteiger partial charge in [-0.05, 0) is 44.7 Å². The Hall–Kier alpha value is -3.33. The van der Waals surface area contributed by atoms with Crippen molar-refractivity contribution in [2.45, 2.75) is 51.5 Å². The van der Waals surface area contributed by atoms with Crippen LogP contribution in [-0.4, -0.2) is 38.0 Å². The number of nitrogens with two attached hydrogens (primary N) is 1. The Morgan fingerprint density at radius 1 is 1.16 bits per heavy atom. The zero-order chi connectivity index (χ0) is 22.4. The summed E-state index contributed by atoms with van der Waals surface area (Å²) in [6, 6.07) is 1.82. The highest BCUT2D eigenvalue weighted by Gasteiger charge is 2.28. The number of anilines is 1. The Morgan fingerprint density at radius 3 is 2.66 bits per heavy atom. The average molecular weight is 436 g/mol. The number of aromatic nitrogens is 5. The number of rotatable bonds is 4. The van der Waals surface area contributed by atoms with Gasteiger partial charge < -0.3 is 20.8 Å². The number of halogens is 1. The van der Waals surface area contributed by atoms with E-state index in [9.17, 15) is 4.39 Å². The molecule has 1 aliphatic rings. The first-order chi connectivity index (χ1) is 15.4. The first-order valence-corrected chi connectivity index (χ1v) is 10.9. The summed E-state index contributed by atoms with van der Waals surface area (Å²) in [6.45, 7) is 3.59. The number of nitrogens with zero attached hydrogens (tertiary/aromatic N) is 4. The SMILES string of the molecule is CNc1cc(F)c(C)c2c1[nH]c1nc(Oc3cnc(C)nc3)nc(C3CCCC(N)C3)c12. The van der Waals surface area contributed by atoms with Gasteiger partial charge in [-0.1, -0.05) is 6.42 Å². The molecule has 3 aromatic heterocycles. The second-order valence-corrected chi connectivity index (χ2v) is 8.46. The van der Waals surface area contributed by atoms with Crippen molar-refractivity contribution >= 4 is 27.6 Å². The first-order valence-electron chi connectivity index (χ1n) is 10.9. The molecule has 1 aliphatic carbocycles. The van der Waals surface area contributed by atoms with E-state index in [0.29, 0.717) is 28.5 Å². The number of benzene rings is 1. The fourth-order valence-electron chi connectivity index (χ4n) is 4.66. The van der Waals surface area contributed by atoms with Crippen LogP contribution in [0, 0.1) is 19.7 Å². The van der Waals surface area contributed by atoms with Gasteiger partial charge in [-0.25, -0.2) is 14.4 Å². The molecule has 4 N–H and O–H groups in total. The molecule has 166 valence electrons. The van der Waals surface area contributed by atoms with Crippen LogP contribution in [0.4, 0.5) is 10.1 Å². The highest BCUT2D eigenvalue weighted by molar-refractivity contribution is 6.13. The topological polar surface area (TPSA) is 115 Å². The molecule has 1 aromatic carbocycles. The van der Waals surface area contributed by atoms with Gasteiger partial charge in [0.25, 0.3) is 0 Å². The van der Waals surface area contributed by atoms with Crippen molar-refractivity contribution in [3.63, 3.8) is 0 Å². The molecule has 1 saturated carbocycles. The lowest BCUT2D eigenvalue weighted by atomic mass is 9.82. The lowest BCUT2D eigenvalue weighted by molar-refractivity contribution is 0.382. The summed E-state index contributed by atoms with van der Waals surface area (Å²) in [4.78, 5) is 21.2. The van der Waals surface area contributed by atoms with Crippen LogP contribution < -0.4 is 15.8 Å². The summed E-state index contributed by atoms with van der Waals surface area (Å²) in [5, 5.41) is 4.71. The van der Waals surface area contributed by atoms with E-state index in [0.717, 1.165) is 47.7 Å². The van der Waals surface area contributed by atoms with E-state index in [4.69, 9.17) is 15.5 Å². The molecule has 2 unspecified atom stereocenters. The minimum Gasteiger partial charge on any atom is -0.421 e. The van der Waals surface area contributed by atoms with Crippen LogP contribution in [0.25, 0.3) is 21.9 Å². The number of aromatic amines is 1. The van der Waals surface area contributed by atoms with Gasteiger partial charge in [0, 0.05) is 29.8 Å². The van der Waals surface area contributed by atoms with Crippen LogP contribution in [0.15, 0.2) is 18.5 Å². The summed E-state index contributed by atoms with van der Waals surface area (Å²) >= 11 is 0. The van der Waals surface area contributed by atoms with Crippen molar-refractivity contribution < 1.29 is 9.13 Å². The Kier molecular flexibility index (Phi) is 5.13. The number of ether oxygens (including phenoxy) is 1. The molecule has 0 radical (unpaired) electrons. The largest absolute Gasteiger partial charge is 0.421 e. The average Bonchev–Trinajstić information content (AvgIpc) is 3.17. The number of hydrogen-bond donors (Lipinski definition) is 3. The van der Waals surface area contributed by atoms with E-state index in [1.54, 1.807) is 26.4 Å². The van der Waals surface area contributed by atoms with Crippen molar-refractivity contribution in [1.82, 2.24) is 24.9 Å². The molecule has 1 fully saturated rings. The van der Waals surface area contributed by atoms with E-state index in [2.05, 4.69) is 25.3 Å². The highest BCUT2D eigenvalue weighted by Crippen LogP contribution is 2.41. The summed E-state index contributed by atoms with van der Waals surface area (Å²) in [5.41, 5.74) is 9.79. The molecular formula is C23H26FN7O. The Balaban J connectivity index is 1.75. The predicted octanol–water partition coefficient (Wildman–Crippen LogP) is 4.48. The number of nitrogens with one attached hydrogen (secondary N) is 2. The predicted molar refractivity (Wildman–Crippen MR) is 122 cm³/mol. The zero-order valence-electron chi connectivity index (χ0n) is 18.4. The molecule has 0 amide bonds. The zero-order valence-corrected chi connectivity index (χ0v) is 18.4. The van der Waals surface area contributed by atoms with Crippen LogP contribution in [0.3, 0.4) is 0 Å². The van der Waals surface area contributed by atoms with Crippen LogP contribution >= 0.6 is 0 Å². The monoisotopic (exact) mass is 435 g/mol. The van der Waals surface area contributed by atoms with Crippen molar-refractivity contribution in [1.29, 1.82) is 0 Å². The van der Waals surface area contributed by atoms with Gasteiger partial charge in [0.15, 0.2) is 5.75 Å². The molecule has 3 heterocycles. The summed E-state index contributed by atoms with van der Waals surface area (Å²) in [5.74, 6) is 0.973. The Bertz CT molecular complexity index is 1300. The molecule has 8 nitrogen and oxygen atoms in total. The smallest absolute Gasteiger partial charge is 0.324 e. The molecule has 2 atom stereocenters. The summed E-state index contributed by atoms with van der Waals surface area (Å²) < 4.78 is 20.7. The van der Waals surface area contributed by atoms with E-state index >= 15 is 0 Å². The molecule has 0 spiro atoms. The highest BCUT2D eigenvalue weighted by atomic mass is 19.1. The fourth-order valence-corrected chi connectivity index (χ4v) is 4.66. The van der Waals surface area contributed by atoms with E-state index in [1.165, 1.54) is 6.07 Å². The Morgan fingerprint density at radius 2 is 1.94 bits per heavy atom. The standard InChI is InChI=1S/C23H26FN7O/c1-11-16(24)8-17(26-3)21-18(11)19-20(13-5-4-6-14(25)7-13)30-23(31-22(19)29-21)32-15-9-27-12(2)28-10-15/h8-10,13-14,26H,4-7,25H2,1-3H3,(H,29,30,31). The van der Waals surface area contributed by atoms with Gasteiger partial charge in [0.05, 0.1) is 29.3 Å². The van der Waals surface area contributed by atoms with Gasteiger partial charge >= 0.3 is 6.01 Å². The molecular weight excluding hydrogens is 409 g/mol. The Labute approximate surface area is 184 Å². The number of H-pyrrole nitrogens is 1. The third-order valence-electron chi connectivity index (χ3n) is 6.27. The maximum Gasteiger partial charge on any atom is 0.324 e. The van der Waals surface area contributed by atoms with Gasteiger partial charge in [0.2, 0.25) is 0 Å². The quantitative estimate of drug-likeness (QED) is 0.433. The fraction of sp³-hybridized carbons (Fsp3) is 0.391. The number of fused-ring (bicyclic) bond motifs is 3. The summed E-state index contributed by atoms with van der Waals surface area (Å²) in [6.07, 6.45) is 6.99. The van der Waals surface area contributed by atoms with Crippen LogP contribution in [0.5, 0.6) is 11.8 Å². The number of aryl methyl sites for hydroxylation is 2. The van der Waals surface area contributed by atoms with Crippen molar-refractivity contribution in [3.05, 3.63) is 41.4 Å². The molecule has 32 heavy (non-hydrogen) atoms. The molecule has 0 saturated heterocycles. The molecule has 4 aromatic rings. The van der Waals surface area contributed by atoms with Gasteiger partial charge in [-0.15, -0.1) is 0 Å². The minimum atomic E-state index is -0.272. The van der Waals surface area contributed by atoms with E-state index in [1.807, 2.05) is 6.92 Å². The van der Waals surface area contributed by atoms with Crippen LogP contribution in [0.2, 0.25) is 0 Å². The molecule has 5 rings (SSSR count). The van der Waals surface area contributed by atoms with Gasteiger partial charge in [-0.3, -0.25) is 0 Å². The lowest BCUT2D eigenvalue weighted by Crippen LogP contribution is -2.27. The minimum absolute atomic E-state index is 0.115. The normalized spacial score (nSPS) is 18.9. The third-order valence-corrected chi connectivity index (χ3v) is 6.27. The van der Waals surface area contributed by atoms with Crippen molar-refractivity contribution in [3.8, 4) is 11.8 Å². The second kappa shape index (κ2) is 7.98. The molecule has 0 aliphatic heterocycles. The maximum atomic E-state index is 14.8. The lowest BCUT2D eigenvalue weighted by Gasteiger charge is -2.26. The van der Waals surface area contributed by atoms with Crippen LogP contribution in [-0.2, 0) is 0 Å². The second-order valence-electron chi connectivity index (χ2n) is 8.46. The number of hydrogen-bond acceptors (Lipinski definition) is 7. The van der Waals surface area contributed by atoms with Gasteiger partial charge in [0.1, 0.15) is 17.3 Å². The molecule has 0 bridgehead atoms. The summed E-state index contributed by atoms with van der Waals surface area (Å²) in [7, 11) is 1.77. The van der Waals surface area contributed by atoms with E-state index < -0.39 is 0 Å². The third kappa shape index (κ3) is 3.52.